The minimum atomic E-state index is -1.05. The first-order valence-electron chi connectivity index (χ1n) is 7.23. The lowest BCUT2D eigenvalue weighted by Gasteiger charge is -2.33. The van der Waals surface area contributed by atoms with Crippen LogP contribution < -0.4 is 4.90 Å². The Morgan fingerprint density at radius 3 is 2.70 bits per heavy atom. The minimum Gasteiger partial charge on any atom is -0.443 e. The van der Waals surface area contributed by atoms with Gasteiger partial charge in [0.15, 0.2) is 4.87 Å². The zero-order valence-electron chi connectivity index (χ0n) is 13.5. The molecule has 2 heterocycles. The van der Waals surface area contributed by atoms with Crippen LogP contribution in [0.25, 0.3) is 0 Å². The third-order valence-corrected chi connectivity index (χ3v) is 5.90. The zero-order valence-corrected chi connectivity index (χ0v) is 15.1. The molecule has 23 heavy (non-hydrogen) atoms. The van der Waals surface area contributed by atoms with Crippen LogP contribution in [-0.2, 0) is 4.74 Å². The molecule has 3 rings (SSSR count). The largest absolute Gasteiger partial charge is 0.443 e. The van der Waals surface area contributed by atoms with Crippen molar-refractivity contribution in [2.24, 2.45) is 4.99 Å². The van der Waals surface area contributed by atoms with Gasteiger partial charge >= 0.3 is 6.09 Å². The standard InChI is InChI=1S/C16H18N2O3S2/c1-15(2,3)21-14(20)18-11-8-6-5-7-10(11)12(19)16(18)9-17-13(22-4)23-16/h5-8H,9H2,1-4H3. The van der Waals surface area contributed by atoms with Gasteiger partial charge in [0.05, 0.1) is 12.2 Å². The SMILES string of the molecule is CSC1=NCC2(S1)C(=O)c1ccccc1N2C(=O)OC(C)(C)C. The molecule has 1 spiro atoms. The topological polar surface area (TPSA) is 59.0 Å². The average Bonchev–Trinajstić information content (AvgIpc) is 3.00. The summed E-state index contributed by atoms with van der Waals surface area (Å²) in [4.78, 5) is 30.7. The van der Waals surface area contributed by atoms with Crippen LogP contribution in [0.2, 0.25) is 0 Å². The van der Waals surface area contributed by atoms with Crippen LogP contribution in [0.5, 0.6) is 0 Å². The van der Waals surface area contributed by atoms with Gasteiger partial charge in [-0.05, 0) is 39.2 Å². The molecule has 0 saturated carbocycles. The average molecular weight is 350 g/mol. The molecule has 0 radical (unpaired) electrons. The predicted octanol–water partition coefficient (Wildman–Crippen LogP) is 3.79. The van der Waals surface area contributed by atoms with Crippen molar-refractivity contribution < 1.29 is 14.3 Å². The highest BCUT2D eigenvalue weighted by Gasteiger charge is 2.58. The molecule has 1 unspecified atom stereocenters. The van der Waals surface area contributed by atoms with E-state index in [-0.39, 0.29) is 12.3 Å². The van der Waals surface area contributed by atoms with Gasteiger partial charge in [-0.2, -0.15) is 0 Å². The lowest BCUT2D eigenvalue weighted by molar-refractivity contribution is 0.0556. The van der Waals surface area contributed by atoms with Crippen molar-refractivity contribution in [1.82, 2.24) is 0 Å². The van der Waals surface area contributed by atoms with E-state index in [0.29, 0.717) is 11.3 Å². The Morgan fingerprint density at radius 2 is 2.09 bits per heavy atom. The Balaban J connectivity index is 2.05. The molecule has 0 bridgehead atoms. The molecule has 1 amide bonds. The van der Waals surface area contributed by atoms with E-state index in [1.807, 2.05) is 33.1 Å². The van der Waals surface area contributed by atoms with Crippen molar-refractivity contribution in [3.63, 3.8) is 0 Å². The number of Topliss-reactive ketones (excluding diaryl/α,β-unsaturated/α-hetero) is 1. The summed E-state index contributed by atoms with van der Waals surface area (Å²) >= 11 is 2.82. The zero-order chi connectivity index (χ0) is 16.8. The summed E-state index contributed by atoms with van der Waals surface area (Å²) in [6, 6.07) is 7.16. The number of fused-ring (bicyclic) bond motifs is 1. The Kier molecular flexibility index (Phi) is 3.96. The Hall–Kier alpha value is -1.47. The van der Waals surface area contributed by atoms with Gasteiger partial charge in [-0.15, -0.1) is 11.8 Å². The molecule has 1 aromatic carbocycles. The molecule has 122 valence electrons. The van der Waals surface area contributed by atoms with Gasteiger partial charge in [0.1, 0.15) is 9.98 Å². The third-order valence-electron chi connectivity index (χ3n) is 3.53. The fourth-order valence-corrected chi connectivity index (χ4v) is 4.60. The summed E-state index contributed by atoms with van der Waals surface area (Å²) in [5, 5.41) is 0. The first kappa shape index (κ1) is 16.4. The quantitative estimate of drug-likeness (QED) is 0.712. The van der Waals surface area contributed by atoms with E-state index in [1.165, 1.54) is 28.4 Å². The van der Waals surface area contributed by atoms with Crippen LogP contribution in [0.4, 0.5) is 10.5 Å². The maximum Gasteiger partial charge on any atom is 0.416 e. The highest BCUT2D eigenvalue weighted by Crippen LogP contribution is 2.50. The number of hydrogen-bond acceptors (Lipinski definition) is 6. The van der Waals surface area contributed by atoms with Crippen molar-refractivity contribution in [2.45, 2.75) is 31.2 Å². The summed E-state index contributed by atoms with van der Waals surface area (Å²) in [5.74, 6) is -0.0863. The molecular weight excluding hydrogens is 332 g/mol. The molecule has 2 aliphatic rings. The number of anilines is 1. The summed E-state index contributed by atoms with van der Waals surface area (Å²) in [7, 11) is 0. The number of ether oxygens (including phenoxy) is 1. The Labute approximate surface area is 143 Å². The number of ketones is 1. The van der Waals surface area contributed by atoms with Crippen LogP contribution in [-0.4, -0.2) is 39.5 Å². The van der Waals surface area contributed by atoms with Crippen molar-refractivity contribution in [1.29, 1.82) is 0 Å². The van der Waals surface area contributed by atoms with Crippen molar-refractivity contribution in [3.8, 4) is 0 Å². The van der Waals surface area contributed by atoms with Crippen molar-refractivity contribution >= 4 is 45.5 Å². The number of hydrogen-bond donors (Lipinski definition) is 0. The molecule has 0 fully saturated rings. The van der Waals surface area contributed by atoms with Gasteiger partial charge in [-0.25, -0.2) is 4.79 Å². The van der Waals surface area contributed by atoms with Gasteiger partial charge in [-0.3, -0.25) is 14.7 Å². The molecule has 2 aliphatic heterocycles. The molecule has 0 aliphatic carbocycles. The molecule has 0 saturated heterocycles. The lowest BCUT2D eigenvalue weighted by Crippen LogP contribution is -2.53. The fourth-order valence-electron chi connectivity index (χ4n) is 2.64. The van der Waals surface area contributed by atoms with Crippen LogP contribution in [0.1, 0.15) is 31.1 Å². The predicted molar refractivity (Wildman–Crippen MR) is 95.6 cm³/mol. The molecule has 1 aromatic rings. The van der Waals surface area contributed by atoms with Gasteiger partial charge in [0, 0.05) is 5.56 Å². The molecule has 1 atom stereocenters. The van der Waals surface area contributed by atoms with E-state index in [0.717, 1.165) is 4.38 Å². The van der Waals surface area contributed by atoms with Crippen molar-refractivity contribution in [2.75, 3.05) is 17.7 Å². The maximum absolute atomic E-state index is 13.0. The third kappa shape index (κ3) is 2.65. The van der Waals surface area contributed by atoms with Gasteiger partial charge in [-0.1, -0.05) is 23.9 Å². The van der Waals surface area contributed by atoms with Crippen LogP contribution >= 0.6 is 23.5 Å². The number of carbonyl (C=O) groups excluding carboxylic acids is 2. The van der Waals surface area contributed by atoms with Gasteiger partial charge in [0.2, 0.25) is 5.78 Å². The monoisotopic (exact) mass is 350 g/mol. The van der Waals surface area contributed by atoms with Crippen LogP contribution in [0.3, 0.4) is 0 Å². The van der Waals surface area contributed by atoms with Gasteiger partial charge < -0.3 is 4.74 Å². The highest BCUT2D eigenvalue weighted by molar-refractivity contribution is 8.39. The maximum atomic E-state index is 13.0. The molecule has 5 nitrogen and oxygen atoms in total. The van der Waals surface area contributed by atoms with E-state index >= 15 is 0 Å². The second-order valence-electron chi connectivity index (χ2n) is 6.33. The Morgan fingerprint density at radius 1 is 1.39 bits per heavy atom. The number of carbonyl (C=O) groups is 2. The number of aliphatic imine (C=N–C) groups is 1. The first-order chi connectivity index (χ1) is 10.8. The number of amides is 1. The highest BCUT2D eigenvalue weighted by atomic mass is 32.2. The second-order valence-corrected chi connectivity index (χ2v) is 8.65. The molecule has 0 aromatic heterocycles. The summed E-state index contributed by atoms with van der Waals surface area (Å²) in [6.45, 7) is 5.69. The summed E-state index contributed by atoms with van der Waals surface area (Å²) in [5.41, 5.74) is 0.505. The van der Waals surface area contributed by atoms with E-state index in [4.69, 9.17) is 4.74 Å². The minimum absolute atomic E-state index is 0.0863. The van der Waals surface area contributed by atoms with E-state index < -0.39 is 16.6 Å². The number of nitrogens with zero attached hydrogens (tertiary/aromatic N) is 2. The molecular formula is C16H18N2O3S2. The number of rotatable bonds is 0. The number of para-hydroxylation sites is 1. The summed E-state index contributed by atoms with van der Waals surface area (Å²) < 4.78 is 6.35. The van der Waals surface area contributed by atoms with E-state index in [2.05, 4.69) is 4.99 Å². The number of thioether (sulfide) groups is 2. The number of benzene rings is 1. The normalized spacial score (nSPS) is 23.2. The molecule has 0 N–H and O–H groups in total. The van der Waals surface area contributed by atoms with Crippen LogP contribution in [0, 0.1) is 0 Å². The van der Waals surface area contributed by atoms with E-state index in [9.17, 15) is 9.59 Å². The summed E-state index contributed by atoms with van der Waals surface area (Å²) in [6.07, 6.45) is 1.40. The molecule has 7 heteroatoms. The first-order valence-corrected chi connectivity index (χ1v) is 9.27. The van der Waals surface area contributed by atoms with Crippen LogP contribution in [0.15, 0.2) is 29.3 Å². The van der Waals surface area contributed by atoms with Crippen molar-refractivity contribution in [3.05, 3.63) is 29.8 Å². The van der Waals surface area contributed by atoms with E-state index in [1.54, 1.807) is 18.2 Å². The lowest BCUT2D eigenvalue weighted by atomic mass is 10.1. The fraction of sp³-hybridized carbons (Fsp3) is 0.438. The Bertz CT molecular complexity index is 712. The smallest absolute Gasteiger partial charge is 0.416 e. The van der Waals surface area contributed by atoms with Gasteiger partial charge in [0.25, 0.3) is 0 Å². The second kappa shape index (κ2) is 5.56.